The van der Waals surface area contributed by atoms with E-state index in [1.54, 1.807) is 19.4 Å². The SMILES string of the molecule is CNc1ncc(C=CCCCl)cn1. The summed E-state index contributed by atoms with van der Waals surface area (Å²) in [7, 11) is 1.79. The minimum atomic E-state index is 0.634. The first kappa shape index (κ1) is 9.99. The molecule has 0 aliphatic rings. The van der Waals surface area contributed by atoms with Crippen LogP contribution in [0.2, 0.25) is 0 Å². The van der Waals surface area contributed by atoms with E-state index in [1.165, 1.54) is 0 Å². The summed E-state index contributed by atoms with van der Waals surface area (Å²) in [6.07, 6.45) is 8.37. The smallest absolute Gasteiger partial charge is 0.222 e. The lowest BCUT2D eigenvalue weighted by atomic mass is 10.3. The topological polar surface area (TPSA) is 37.8 Å². The van der Waals surface area contributed by atoms with E-state index in [0.717, 1.165) is 12.0 Å². The maximum absolute atomic E-state index is 5.52. The summed E-state index contributed by atoms with van der Waals surface area (Å²) in [5, 5.41) is 2.85. The minimum Gasteiger partial charge on any atom is -0.357 e. The van der Waals surface area contributed by atoms with E-state index in [4.69, 9.17) is 11.6 Å². The fraction of sp³-hybridized carbons (Fsp3) is 0.333. The number of hydrogen-bond acceptors (Lipinski definition) is 3. The number of allylic oxidation sites excluding steroid dienone is 1. The third-order valence-corrected chi connectivity index (χ3v) is 1.70. The summed E-state index contributed by atoms with van der Waals surface area (Å²) in [4.78, 5) is 8.14. The highest BCUT2D eigenvalue weighted by Gasteiger charge is 1.90. The molecule has 3 nitrogen and oxygen atoms in total. The zero-order valence-electron chi connectivity index (χ0n) is 7.50. The molecule has 0 radical (unpaired) electrons. The molecule has 0 aliphatic heterocycles. The van der Waals surface area contributed by atoms with Gasteiger partial charge in [0.05, 0.1) is 0 Å². The number of alkyl halides is 1. The van der Waals surface area contributed by atoms with Gasteiger partial charge < -0.3 is 5.32 Å². The molecule has 4 heteroatoms. The van der Waals surface area contributed by atoms with Crippen LogP contribution in [0.25, 0.3) is 6.08 Å². The summed E-state index contributed by atoms with van der Waals surface area (Å²) in [5.41, 5.74) is 0.990. The van der Waals surface area contributed by atoms with Gasteiger partial charge in [-0.2, -0.15) is 0 Å². The van der Waals surface area contributed by atoms with Crippen LogP contribution in [-0.2, 0) is 0 Å². The molecule has 0 saturated heterocycles. The van der Waals surface area contributed by atoms with Crippen LogP contribution in [-0.4, -0.2) is 22.9 Å². The van der Waals surface area contributed by atoms with Crippen LogP contribution < -0.4 is 5.32 Å². The molecular formula is C9H12ClN3. The van der Waals surface area contributed by atoms with E-state index in [9.17, 15) is 0 Å². The Labute approximate surface area is 82.9 Å². The summed E-state index contributed by atoms with van der Waals surface area (Å²) >= 11 is 5.52. The lowest BCUT2D eigenvalue weighted by molar-refractivity contribution is 1.14. The molecule has 1 heterocycles. The molecule has 13 heavy (non-hydrogen) atoms. The fourth-order valence-corrected chi connectivity index (χ4v) is 0.962. The molecule has 1 aromatic heterocycles. The normalized spacial score (nSPS) is 10.6. The van der Waals surface area contributed by atoms with E-state index >= 15 is 0 Å². The van der Waals surface area contributed by atoms with Crippen molar-refractivity contribution in [1.82, 2.24) is 9.97 Å². The highest BCUT2D eigenvalue weighted by molar-refractivity contribution is 6.17. The van der Waals surface area contributed by atoms with Gasteiger partial charge in [-0.05, 0) is 6.42 Å². The maximum Gasteiger partial charge on any atom is 0.222 e. The number of nitrogens with zero attached hydrogens (tertiary/aromatic N) is 2. The van der Waals surface area contributed by atoms with Crippen molar-refractivity contribution in [2.75, 3.05) is 18.2 Å². The quantitative estimate of drug-likeness (QED) is 0.752. The van der Waals surface area contributed by atoms with Crippen LogP contribution in [0, 0.1) is 0 Å². The van der Waals surface area contributed by atoms with Crippen molar-refractivity contribution in [2.24, 2.45) is 0 Å². The Balaban J connectivity index is 2.58. The summed E-state index contributed by atoms with van der Waals surface area (Å²) < 4.78 is 0. The average molecular weight is 198 g/mol. The van der Waals surface area contributed by atoms with E-state index in [1.807, 2.05) is 12.2 Å². The number of hydrogen-bond donors (Lipinski definition) is 1. The summed E-state index contributed by atoms with van der Waals surface area (Å²) in [6, 6.07) is 0. The second kappa shape index (κ2) is 5.54. The molecule has 1 aromatic rings. The van der Waals surface area contributed by atoms with Crippen molar-refractivity contribution < 1.29 is 0 Å². The van der Waals surface area contributed by atoms with Gasteiger partial charge >= 0.3 is 0 Å². The molecule has 0 amide bonds. The number of halogens is 1. The highest BCUT2D eigenvalue weighted by Crippen LogP contribution is 2.02. The highest BCUT2D eigenvalue weighted by atomic mass is 35.5. The fourth-order valence-electron chi connectivity index (χ4n) is 0.836. The van der Waals surface area contributed by atoms with Gasteiger partial charge in [-0.1, -0.05) is 12.2 Å². The Morgan fingerprint density at radius 2 is 2.15 bits per heavy atom. The van der Waals surface area contributed by atoms with Gasteiger partial charge in [0, 0.05) is 30.9 Å². The van der Waals surface area contributed by atoms with E-state index in [2.05, 4.69) is 15.3 Å². The van der Waals surface area contributed by atoms with Crippen LogP contribution in [0.1, 0.15) is 12.0 Å². The van der Waals surface area contributed by atoms with Crippen molar-refractivity contribution in [3.8, 4) is 0 Å². The number of rotatable bonds is 4. The largest absolute Gasteiger partial charge is 0.357 e. The second-order valence-electron chi connectivity index (χ2n) is 2.47. The van der Waals surface area contributed by atoms with Crippen molar-refractivity contribution in [1.29, 1.82) is 0 Å². The van der Waals surface area contributed by atoms with Gasteiger partial charge in [-0.3, -0.25) is 0 Å². The minimum absolute atomic E-state index is 0.634. The van der Waals surface area contributed by atoms with Crippen molar-refractivity contribution in [3.05, 3.63) is 24.0 Å². The van der Waals surface area contributed by atoms with Gasteiger partial charge in [-0.15, -0.1) is 11.6 Å². The van der Waals surface area contributed by atoms with Gasteiger partial charge in [0.1, 0.15) is 0 Å². The standard InChI is InChI=1S/C9H12ClN3/c1-11-9-12-6-8(7-13-9)4-2-3-5-10/h2,4,6-7H,3,5H2,1H3,(H,11,12,13). The maximum atomic E-state index is 5.52. The summed E-state index contributed by atoms with van der Waals surface area (Å²) in [5.74, 6) is 1.28. The molecule has 1 rings (SSSR count). The number of aromatic nitrogens is 2. The van der Waals surface area contributed by atoms with Crippen LogP contribution >= 0.6 is 11.6 Å². The third kappa shape index (κ3) is 3.42. The molecule has 0 spiro atoms. The average Bonchev–Trinajstić information content (AvgIpc) is 2.19. The lowest BCUT2D eigenvalue weighted by Gasteiger charge is -1.96. The molecule has 0 aliphatic carbocycles. The number of anilines is 1. The molecule has 0 unspecified atom stereocenters. The first-order chi connectivity index (χ1) is 6.36. The van der Waals surface area contributed by atoms with Gasteiger partial charge in [-0.25, -0.2) is 9.97 Å². The lowest BCUT2D eigenvalue weighted by Crippen LogP contribution is -1.94. The zero-order valence-corrected chi connectivity index (χ0v) is 8.25. The van der Waals surface area contributed by atoms with Gasteiger partial charge in [0.2, 0.25) is 5.95 Å². The van der Waals surface area contributed by atoms with Gasteiger partial charge in [0.25, 0.3) is 0 Å². The monoisotopic (exact) mass is 197 g/mol. The molecule has 0 bridgehead atoms. The molecule has 0 fully saturated rings. The van der Waals surface area contributed by atoms with Crippen molar-refractivity contribution in [3.63, 3.8) is 0 Å². The van der Waals surface area contributed by atoms with Crippen LogP contribution in [0.4, 0.5) is 5.95 Å². The zero-order chi connectivity index (χ0) is 9.52. The first-order valence-corrected chi connectivity index (χ1v) is 4.62. The van der Waals surface area contributed by atoms with Crippen molar-refractivity contribution in [2.45, 2.75) is 6.42 Å². The Morgan fingerprint density at radius 3 is 2.69 bits per heavy atom. The molecule has 1 N–H and O–H groups in total. The first-order valence-electron chi connectivity index (χ1n) is 4.09. The van der Waals surface area contributed by atoms with E-state index in [-0.39, 0.29) is 0 Å². The molecule has 70 valence electrons. The van der Waals surface area contributed by atoms with Crippen LogP contribution in [0.3, 0.4) is 0 Å². The Hall–Kier alpha value is -1.09. The Morgan fingerprint density at radius 1 is 1.46 bits per heavy atom. The van der Waals surface area contributed by atoms with E-state index < -0.39 is 0 Å². The van der Waals surface area contributed by atoms with Crippen LogP contribution in [0.5, 0.6) is 0 Å². The van der Waals surface area contributed by atoms with Gasteiger partial charge in [0.15, 0.2) is 0 Å². The molecule has 0 atom stereocenters. The predicted octanol–water partition coefficient (Wildman–Crippen LogP) is 2.16. The van der Waals surface area contributed by atoms with E-state index in [0.29, 0.717) is 11.8 Å². The predicted molar refractivity (Wildman–Crippen MR) is 55.9 cm³/mol. The second-order valence-corrected chi connectivity index (χ2v) is 2.85. The number of nitrogens with one attached hydrogen (secondary N) is 1. The molecular weight excluding hydrogens is 186 g/mol. The van der Waals surface area contributed by atoms with Crippen LogP contribution in [0.15, 0.2) is 18.5 Å². The summed E-state index contributed by atoms with van der Waals surface area (Å²) in [6.45, 7) is 0. The third-order valence-electron chi connectivity index (χ3n) is 1.48. The Bertz CT molecular complexity index is 269. The molecule has 0 saturated carbocycles. The van der Waals surface area contributed by atoms with Crippen molar-refractivity contribution >= 4 is 23.6 Å². The Kier molecular flexibility index (Phi) is 4.26. The molecule has 0 aromatic carbocycles.